The van der Waals surface area contributed by atoms with Gasteiger partial charge in [0.2, 0.25) is 10.0 Å². The van der Waals surface area contributed by atoms with Crippen LogP contribution in [0.25, 0.3) is 5.69 Å². The molecule has 0 N–H and O–H groups in total. The number of benzene rings is 1. The van der Waals surface area contributed by atoms with Gasteiger partial charge in [0.25, 0.3) is 5.91 Å². The minimum Gasteiger partial charge on any atom is -0.338 e. The predicted molar refractivity (Wildman–Crippen MR) is 105 cm³/mol. The summed E-state index contributed by atoms with van der Waals surface area (Å²) in [4.78, 5) is 14.7. The van der Waals surface area contributed by atoms with Gasteiger partial charge in [0.1, 0.15) is 5.15 Å². The van der Waals surface area contributed by atoms with Crippen LogP contribution in [0.15, 0.2) is 30.3 Å². The van der Waals surface area contributed by atoms with Crippen molar-refractivity contribution in [1.29, 1.82) is 0 Å². The number of sulfonamides is 1. The van der Waals surface area contributed by atoms with Crippen LogP contribution in [0.5, 0.6) is 0 Å². The van der Waals surface area contributed by atoms with E-state index in [9.17, 15) is 13.2 Å². The van der Waals surface area contributed by atoms with Gasteiger partial charge >= 0.3 is 0 Å². The van der Waals surface area contributed by atoms with Crippen LogP contribution in [0.1, 0.15) is 28.9 Å². The zero-order chi connectivity index (χ0) is 19.8. The highest BCUT2D eigenvalue weighted by molar-refractivity contribution is 7.88. The summed E-state index contributed by atoms with van der Waals surface area (Å²) in [6.07, 6.45) is 2.39. The van der Waals surface area contributed by atoms with Gasteiger partial charge in [-0.3, -0.25) is 4.79 Å². The average Bonchev–Trinajstić information content (AvgIpc) is 2.95. The molecule has 1 aliphatic rings. The summed E-state index contributed by atoms with van der Waals surface area (Å²) in [6, 6.07) is 9.32. The van der Waals surface area contributed by atoms with E-state index >= 15 is 0 Å². The second-order valence-electron chi connectivity index (χ2n) is 6.80. The first-order valence-corrected chi connectivity index (χ1v) is 11.0. The average molecular weight is 411 g/mol. The van der Waals surface area contributed by atoms with Crippen LogP contribution in [0, 0.1) is 6.92 Å². The number of amides is 1. The minimum absolute atomic E-state index is 0.0901. The second kappa shape index (κ2) is 7.61. The van der Waals surface area contributed by atoms with E-state index in [-0.39, 0.29) is 11.9 Å². The van der Waals surface area contributed by atoms with Gasteiger partial charge in [0.15, 0.2) is 0 Å². The molecule has 1 amide bonds. The van der Waals surface area contributed by atoms with Crippen molar-refractivity contribution in [1.82, 2.24) is 19.0 Å². The van der Waals surface area contributed by atoms with Crippen molar-refractivity contribution >= 4 is 27.5 Å². The topological polar surface area (TPSA) is 75.5 Å². The standard InChI is InChI=1S/C18H23ClN4O3S/c1-13-16(17(19)23(20-13)15-7-5-4-6-8-15)18(24)22-11-9-14(10-12-22)21(2)27(3,25)26/h4-8,14H,9-12H2,1-3H3. The quantitative estimate of drug-likeness (QED) is 0.775. The van der Waals surface area contributed by atoms with Crippen molar-refractivity contribution in [2.24, 2.45) is 0 Å². The van der Waals surface area contributed by atoms with Gasteiger partial charge in [0.05, 0.1) is 23.2 Å². The Kier molecular flexibility index (Phi) is 5.60. The molecule has 1 aromatic heterocycles. The molecular formula is C18H23ClN4O3S. The zero-order valence-electron chi connectivity index (χ0n) is 15.6. The molecule has 0 spiro atoms. The van der Waals surface area contributed by atoms with Gasteiger partial charge in [-0.2, -0.15) is 5.10 Å². The molecule has 2 aromatic rings. The number of halogens is 1. The van der Waals surface area contributed by atoms with Crippen LogP contribution in [0.4, 0.5) is 0 Å². The molecule has 0 unspecified atom stereocenters. The Labute approximate surface area is 164 Å². The fourth-order valence-corrected chi connectivity index (χ4v) is 4.45. The van der Waals surface area contributed by atoms with Crippen molar-refractivity contribution in [3.63, 3.8) is 0 Å². The van der Waals surface area contributed by atoms with Crippen LogP contribution in [-0.4, -0.2) is 65.7 Å². The predicted octanol–water partition coefficient (Wildman–Crippen LogP) is 2.33. The first kappa shape index (κ1) is 19.9. The number of nitrogens with zero attached hydrogens (tertiary/aromatic N) is 4. The molecule has 0 atom stereocenters. The van der Waals surface area contributed by atoms with Crippen LogP contribution >= 0.6 is 11.6 Å². The number of aryl methyl sites for hydroxylation is 1. The van der Waals surface area contributed by atoms with E-state index in [0.29, 0.717) is 42.3 Å². The Morgan fingerprint density at radius 1 is 1.22 bits per heavy atom. The molecular weight excluding hydrogens is 388 g/mol. The molecule has 0 aliphatic carbocycles. The van der Waals surface area contributed by atoms with E-state index < -0.39 is 10.0 Å². The number of rotatable bonds is 4. The van der Waals surface area contributed by atoms with Crippen LogP contribution < -0.4 is 0 Å². The number of carbonyl (C=O) groups is 1. The molecule has 9 heteroatoms. The molecule has 2 heterocycles. The molecule has 1 fully saturated rings. The van der Waals surface area contributed by atoms with E-state index in [1.54, 1.807) is 23.6 Å². The lowest BCUT2D eigenvalue weighted by Gasteiger charge is -2.35. The van der Waals surface area contributed by atoms with Gasteiger partial charge in [-0.1, -0.05) is 29.8 Å². The third kappa shape index (κ3) is 4.02. The largest absolute Gasteiger partial charge is 0.338 e. The molecule has 1 saturated heterocycles. The van der Waals surface area contributed by atoms with Crippen molar-refractivity contribution in [3.05, 3.63) is 46.7 Å². The highest BCUT2D eigenvalue weighted by Gasteiger charge is 2.32. The summed E-state index contributed by atoms with van der Waals surface area (Å²) in [5, 5.41) is 4.71. The van der Waals surface area contributed by atoms with Gasteiger partial charge in [-0.05, 0) is 31.9 Å². The van der Waals surface area contributed by atoms with E-state index in [1.807, 2.05) is 30.3 Å². The number of para-hydroxylation sites is 1. The summed E-state index contributed by atoms with van der Waals surface area (Å²) < 4.78 is 26.4. The molecule has 146 valence electrons. The van der Waals surface area contributed by atoms with Crippen molar-refractivity contribution in [2.45, 2.75) is 25.8 Å². The van der Waals surface area contributed by atoms with E-state index in [0.717, 1.165) is 5.69 Å². The SMILES string of the molecule is Cc1nn(-c2ccccc2)c(Cl)c1C(=O)N1CCC(N(C)S(C)(=O)=O)CC1. The van der Waals surface area contributed by atoms with Crippen molar-refractivity contribution < 1.29 is 13.2 Å². The number of aromatic nitrogens is 2. The van der Waals surface area contributed by atoms with Crippen molar-refractivity contribution in [3.8, 4) is 5.69 Å². The Morgan fingerprint density at radius 2 is 1.81 bits per heavy atom. The second-order valence-corrected chi connectivity index (χ2v) is 9.20. The van der Waals surface area contributed by atoms with Gasteiger partial charge in [-0.15, -0.1) is 0 Å². The van der Waals surface area contributed by atoms with Crippen LogP contribution in [0.2, 0.25) is 5.15 Å². The molecule has 0 saturated carbocycles. The number of hydrogen-bond acceptors (Lipinski definition) is 4. The lowest BCUT2D eigenvalue weighted by molar-refractivity contribution is 0.0685. The third-order valence-electron chi connectivity index (χ3n) is 5.01. The highest BCUT2D eigenvalue weighted by Crippen LogP contribution is 2.27. The fourth-order valence-electron chi connectivity index (χ4n) is 3.34. The highest BCUT2D eigenvalue weighted by atomic mass is 35.5. The maximum absolute atomic E-state index is 13.0. The normalized spacial score (nSPS) is 16.1. The molecule has 0 radical (unpaired) electrons. The molecule has 0 bridgehead atoms. The van der Waals surface area contributed by atoms with Crippen LogP contribution in [-0.2, 0) is 10.0 Å². The Hall–Kier alpha value is -1.90. The Morgan fingerprint density at radius 3 is 2.37 bits per heavy atom. The molecule has 1 aromatic carbocycles. The lowest BCUT2D eigenvalue weighted by atomic mass is 10.0. The molecule has 3 rings (SSSR count). The number of hydrogen-bond donors (Lipinski definition) is 0. The minimum atomic E-state index is -3.24. The smallest absolute Gasteiger partial charge is 0.258 e. The molecule has 1 aliphatic heterocycles. The van der Waals surface area contributed by atoms with Gasteiger partial charge in [-0.25, -0.2) is 17.4 Å². The zero-order valence-corrected chi connectivity index (χ0v) is 17.2. The third-order valence-corrected chi connectivity index (χ3v) is 6.70. The monoisotopic (exact) mass is 410 g/mol. The summed E-state index contributed by atoms with van der Waals surface area (Å²) in [6.45, 7) is 2.73. The van der Waals surface area contributed by atoms with Crippen LogP contribution in [0.3, 0.4) is 0 Å². The summed E-state index contributed by atoms with van der Waals surface area (Å²) in [7, 11) is -1.65. The maximum atomic E-state index is 13.0. The van der Waals surface area contributed by atoms with Crippen molar-refractivity contribution in [2.75, 3.05) is 26.4 Å². The first-order chi connectivity index (χ1) is 12.7. The maximum Gasteiger partial charge on any atom is 0.258 e. The lowest BCUT2D eigenvalue weighted by Crippen LogP contribution is -2.47. The molecule has 27 heavy (non-hydrogen) atoms. The summed E-state index contributed by atoms with van der Waals surface area (Å²) in [5.74, 6) is -0.167. The number of piperidine rings is 1. The summed E-state index contributed by atoms with van der Waals surface area (Å²) in [5.41, 5.74) is 1.76. The summed E-state index contributed by atoms with van der Waals surface area (Å²) >= 11 is 6.48. The first-order valence-electron chi connectivity index (χ1n) is 8.73. The van der Waals surface area contributed by atoms with Gasteiger partial charge < -0.3 is 4.90 Å². The van der Waals surface area contributed by atoms with E-state index in [1.165, 1.54) is 10.6 Å². The number of likely N-dealkylation sites (tertiary alicyclic amines) is 1. The Bertz CT molecular complexity index is 935. The Balaban J connectivity index is 1.77. The fraction of sp³-hybridized carbons (Fsp3) is 0.444. The molecule has 7 nitrogen and oxygen atoms in total. The van der Waals surface area contributed by atoms with E-state index in [4.69, 9.17) is 11.6 Å². The van der Waals surface area contributed by atoms with Gasteiger partial charge in [0, 0.05) is 26.2 Å². The number of carbonyl (C=O) groups excluding carboxylic acids is 1. The van der Waals surface area contributed by atoms with E-state index in [2.05, 4.69) is 5.10 Å².